The van der Waals surface area contributed by atoms with Crippen molar-refractivity contribution < 1.29 is 9.47 Å². The summed E-state index contributed by atoms with van der Waals surface area (Å²) in [7, 11) is 3.16. The molecule has 18 heavy (non-hydrogen) atoms. The van der Waals surface area contributed by atoms with E-state index in [-0.39, 0.29) is 0 Å². The van der Waals surface area contributed by atoms with Crippen LogP contribution in [0, 0.1) is 0 Å². The van der Waals surface area contributed by atoms with Crippen LogP contribution in [-0.2, 0) is 0 Å². The highest BCUT2D eigenvalue weighted by molar-refractivity contribution is 5.33. The second-order valence-electron chi connectivity index (χ2n) is 4.25. The van der Waals surface area contributed by atoms with Crippen molar-refractivity contribution in [1.82, 2.24) is 14.9 Å². The molecule has 0 amide bonds. The maximum absolute atomic E-state index is 5.10. The summed E-state index contributed by atoms with van der Waals surface area (Å²) >= 11 is 0. The molecular weight excluding hydrogens is 232 g/mol. The molecule has 1 aliphatic heterocycles. The van der Waals surface area contributed by atoms with E-state index < -0.39 is 0 Å². The minimum absolute atomic E-state index is 0.505. The summed E-state index contributed by atoms with van der Waals surface area (Å²) in [6.45, 7) is 4.24. The molecular formula is C12H20N4O2. The molecule has 6 heteroatoms. The van der Waals surface area contributed by atoms with Crippen molar-refractivity contribution in [1.29, 1.82) is 0 Å². The van der Waals surface area contributed by atoms with E-state index in [1.807, 2.05) is 0 Å². The van der Waals surface area contributed by atoms with Crippen LogP contribution in [0.3, 0.4) is 0 Å². The van der Waals surface area contributed by atoms with Crippen LogP contribution < -0.4 is 14.8 Å². The zero-order valence-electron chi connectivity index (χ0n) is 11.0. The van der Waals surface area contributed by atoms with Gasteiger partial charge < -0.3 is 19.7 Å². The van der Waals surface area contributed by atoms with Gasteiger partial charge in [0.25, 0.3) is 0 Å². The Kier molecular flexibility index (Phi) is 4.58. The van der Waals surface area contributed by atoms with E-state index in [1.54, 1.807) is 20.3 Å². The fourth-order valence-electron chi connectivity index (χ4n) is 2.02. The van der Waals surface area contributed by atoms with Crippen LogP contribution >= 0.6 is 0 Å². The SMILES string of the molecule is COc1cc(OC)nc(NCCN2CCCC2)n1. The second kappa shape index (κ2) is 6.39. The Bertz CT molecular complexity index is 358. The molecule has 1 aromatic heterocycles. The first-order valence-electron chi connectivity index (χ1n) is 6.25. The third-order valence-corrected chi connectivity index (χ3v) is 3.01. The minimum atomic E-state index is 0.505. The highest BCUT2D eigenvalue weighted by Crippen LogP contribution is 2.17. The summed E-state index contributed by atoms with van der Waals surface area (Å²) in [6.07, 6.45) is 2.62. The zero-order chi connectivity index (χ0) is 12.8. The fourth-order valence-corrected chi connectivity index (χ4v) is 2.02. The van der Waals surface area contributed by atoms with Gasteiger partial charge in [0.05, 0.1) is 20.3 Å². The van der Waals surface area contributed by atoms with Gasteiger partial charge in [-0.1, -0.05) is 0 Å². The minimum Gasteiger partial charge on any atom is -0.481 e. The predicted octanol–water partition coefficient (Wildman–Crippen LogP) is 1.00. The number of hydrogen-bond acceptors (Lipinski definition) is 6. The Morgan fingerprint density at radius 1 is 1.17 bits per heavy atom. The monoisotopic (exact) mass is 252 g/mol. The summed E-state index contributed by atoms with van der Waals surface area (Å²) in [5.74, 6) is 1.56. The highest BCUT2D eigenvalue weighted by atomic mass is 16.5. The van der Waals surface area contributed by atoms with E-state index in [2.05, 4.69) is 20.2 Å². The first-order valence-corrected chi connectivity index (χ1v) is 6.25. The Morgan fingerprint density at radius 3 is 2.33 bits per heavy atom. The van der Waals surface area contributed by atoms with Gasteiger partial charge in [-0.3, -0.25) is 0 Å². The topological polar surface area (TPSA) is 59.5 Å². The zero-order valence-corrected chi connectivity index (χ0v) is 11.0. The number of nitrogens with one attached hydrogen (secondary N) is 1. The Hall–Kier alpha value is -1.56. The molecule has 6 nitrogen and oxygen atoms in total. The summed E-state index contributed by atoms with van der Waals surface area (Å²) < 4.78 is 10.2. The van der Waals surface area contributed by atoms with Gasteiger partial charge in [-0.15, -0.1) is 0 Å². The summed E-state index contributed by atoms with van der Waals surface area (Å²) in [5.41, 5.74) is 0. The Balaban J connectivity index is 1.87. The lowest BCUT2D eigenvalue weighted by atomic mass is 10.4. The molecule has 2 rings (SSSR count). The Morgan fingerprint density at radius 2 is 1.78 bits per heavy atom. The molecule has 2 heterocycles. The van der Waals surface area contributed by atoms with E-state index >= 15 is 0 Å². The normalized spacial score (nSPS) is 15.7. The Labute approximate surface area is 107 Å². The molecule has 1 saturated heterocycles. The van der Waals surface area contributed by atoms with Crippen LogP contribution in [-0.4, -0.2) is 55.3 Å². The summed E-state index contributed by atoms with van der Waals surface area (Å²) in [6, 6.07) is 1.66. The van der Waals surface area contributed by atoms with E-state index in [4.69, 9.17) is 9.47 Å². The maximum atomic E-state index is 5.10. The molecule has 0 saturated carbocycles. The lowest BCUT2D eigenvalue weighted by Gasteiger charge is -2.15. The van der Waals surface area contributed by atoms with Crippen molar-refractivity contribution in [3.05, 3.63) is 6.07 Å². The van der Waals surface area contributed by atoms with Gasteiger partial charge in [-0.25, -0.2) is 0 Å². The van der Waals surface area contributed by atoms with Gasteiger partial charge in [0.15, 0.2) is 0 Å². The summed E-state index contributed by atoms with van der Waals surface area (Å²) in [4.78, 5) is 10.9. The number of rotatable bonds is 6. The lowest BCUT2D eigenvalue weighted by Crippen LogP contribution is -2.26. The number of hydrogen-bond donors (Lipinski definition) is 1. The van der Waals surface area contributed by atoms with Crippen molar-refractivity contribution >= 4 is 5.95 Å². The van der Waals surface area contributed by atoms with E-state index in [9.17, 15) is 0 Å². The lowest BCUT2D eigenvalue weighted by molar-refractivity contribution is 0.351. The standard InChI is InChI=1S/C12H20N4O2/c1-17-10-9-11(18-2)15-12(14-10)13-5-8-16-6-3-4-7-16/h9H,3-8H2,1-2H3,(H,13,14,15). The van der Waals surface area contributed by atoms with Crippen LogP contribution in [0.25, 0.3) is 0 Å². The van der Waals surface area contributed by atoms with Crippen molar-refractivity contribution in [3.63, 3.8) is 0 Å². The van der Waals surface area contributed by atoms with Crippen molar-refractivity contribution in [2.45, 2.75) is 12.8 Å². The third kappa shape index (κ3) is 3.46. The summed E-state index contributed by atoms with van der Waals surface area (Å²) in [5, 5.41) is 3.20. The third-order valence-electron chi connectivity index (χ3n) is 3.01. The molecule has 0 bridgehead atoms. The number of aromatic nitrogens is 2. The van der Waals surface area contributed by atoms with Gasteiger partial charge in [0.2, 0.25) is 17.7 Å². The molecule has 0 unspecified atom stereocenters. The molecule has 100 valence electrons. The average molecular weight is 252 g/mol. The average Bonchev–Trinajstić information content (AvgIpc) is 2.91. The number of methoxy groups -OCH3 is 2. The fraction of sp³-hybridized carbons (Fsp3) is 0.667. The maximum Gasteiger partial charge on any atom is 0.229 e. The van der Waals surface area contributed by atoms with Gasteiger partial charge in [-0.2, -0.15) is 9.97 Å². The predicted molar refractivity (Wildman–Crippen MR) is 69.3 cm³/mol. The van der Waals surface area contributed by atoms with Crippen LogP contribution in [0.15, 0.2) is 6.07 Å². The van der Waals surface area contributed by atoms with Crippen LogP contribution in [0.4, 0.5) is 5.95 Å². The molecule has 0 atom stereocenters. The van der Waals surface area contributed by atoms with Gasteiger partial charge in [-0.05, 0) is 25.9 Å². The van der Waals surface area contributed by atoms with E-state index in [1.165, 1.54) is 25.9 Å². The van der Waals surface area contributed by atoms with E-state index in [0.29, 0.717) is 17.7 Å². The molecule has 0 radical (unpaired) electrons. The molecule has 1 aromatic rings. The van der Waals surface area contributed by atoms with Crippen LogP contribution in [0.5, 0.6) is 11.8 Å². The first kappa shape index (κ1) is 12.9. The van der Waals surface area contributed by atoms with E-state index in [0.717, 1.165) is 13.1 Å². The second-order valence-corrected chi connectivity index (χ2v) is 4.25. The number of ether oxygens (including phenoxy) is 2. The van der Waals surface area contributed by atoms with Crippen LogP contribution in [0.1, 0.15) is 12.8 Å². The van der Waals surface area contributed by atoms with Crippen molar-refractivity contribution in [2.24, 2.45) is 0 Å². The smallest absolute Gasteiger partial charge is 0.229 e. The molecule has 0 aliphatic carbocycles. The van der Waals surface area contributed by atoms with Gasteiger partial charge in [0.1, 0.15) is 0 Å². The van der Waals surface area contributed by atoms with Crippen LogP contribution in [0.2, 0.25) is 0 Å². The number of nitrogens with zero attached hydrogens (tertiary/aromatic N) is 3. The van der Waals surface area contributed by atoms with Gasteiger partial charge in [0, 0.05) is 13.1 Å². The molecule has 0 spiro atoms. The van der Waals surface area contributed by atoms with Crippen molar-refractivity contribution in [2.75, 3.05) is 45.7 Å². The first-order chi connectivity index (χ1) is 8.81. The molecule has 1 fully saturated rings. The number of likely N-dealkylation sites (tertiary alicyclic amines) is 1. The van der Waals surface area contributed by atoms with Crippen molar-refractivity contribution in [3.8, 4) is 11.8 Å². The largest absolute Gasteiger partial charge is 0.481 e. The quantitative estimate of drug-likeness (QED) is 0.815. The number of anilines is 1. The van der Waals surface area contributed by atoms with Gasteiger partial charge >= 0.3 is 0 Å². The highest BCUT2D eigenvalue weighted by Gasteiger charge is 2.11. The molecule has 1 N–H and O–H groups in total. The molecule has 1 aliphatic rings. The molecule has 0 aromatic carbocycles.